The minimum atomic E-state index is -0.909. The molecule has 1 saturated heterocycles. The van der Waals surface area contributed by atoms with E-state index in [0.29, 0.717) is 56.9 Å². The molecule has 1 aromatic heterocycles. The fraction of sp³-hybridized carbons (Fsp3) is 0.226. The summed E-state index contributed by atoms with van der Waals surface area (Å²) in [6.07, 6.45) is 0. The molecule has 8 nitrogen and oxygen atoms in total. The predicted molar refractivity (Wildman–Crippen MR) is 164 cm³/mol. The number of ketones is 1. The molecule has 2 aliphatic heterocycles. The third-order valence-corrected chi connectivity index (χ3v) is 9.56. The fourth-order valence-electron chi connectivity index (χ4n) is 4.87. The van der Waals surface area contributed by atoms with Crippen LogP contribution in [0.1, 0.15) is 48.1 Å². The van der Waals surface area contributed by atoms with Gasteiger partial charge in [0.15, 0.2) is 15.8 Å². The first-order chi connectivity index (χ1) is 20.3. The quantitative estimate of drug-likeness (QED) is 0.0775. The Morgan fingerprint density at radius 2 is 1.79 bits per heavy atom. The summed E-state index contributed by atoms with van der Waals surface area (Å²) in [5.41, 5.74) is 3.03. The van der Waals surface area contributed by atoms with Crippen molar-refractivity contribution in [3.63, 3.8) is 0 Å². The third kappa shape index (κ3) is 5.37. The largest absolute Gasteiger partial charge is 0.507 e. The molecule has 0 spiro atoms. The van der Waals surface area contributed by atoms with Crippen LogP contribution in [0.25, 0.3) is 5.76 Å². The normalized spacial score (nSPS) is 17.7. The molecule has 42 heavy (non-hydrogen) atoms. The molecule has 1 atom stereocenters. The average Bonchev–Trinajstić information content (AvgIpc) is 3.57. The summed E-state index contributed by atoms with van der Waals surface area (Å²) in [6.45, 7) is 4.98. The number of nitrogens with zero attached hydrogens (tertiary/aromatic N) is 3. The molecule has 6 rings (SSSR count). The van der Waals surface area contributed by atoms with Gasteiger partial charge in [0.2, 0.25) is 5.13 Å². The van der Waals surface area contributed by atoms with E-state index in [1.54, 1.807) is 18.2 Å². The molecule has 3 aromatic carbocycles. The highest BCUT2D eigenvalue weighted by atomic mass is 35.5. The first-order valence-corrected chi connectivity index (χ1v) is 15.5. The fourth-order valence-corrected chi connectivity index (χ4v) is 7.02. The second-order valence-corrected chi connectivity index (χ2v) is 12.7. The van der Waals surface area contributed by atoms with Crippen molar-refractivity contribution in [1.29, 1.82) is 0 Å². The van der Waals surface area contributed by atoms with Gasteiger partial charge in [-0.25, -0.2) is 0 Å². The highest BCUT2D eigenvalue weighted by Gasteiger charge is 2.48. The molecule has 0 bridgehead atoms. The Balaban J connectivity index is 1.40. The minimum Gasteiger partial charge on any atom is -0.507 e. The maximum Gasteiger partial charge on any atom is 0.301 e. The van der Waals surface area contributed by atoms with E-state index in [1.807, 2.05) is 48.5 Å². The summed E-state index contributed by atoms with van der Waals surface area (Å²) >= 11 is 8.95. The van der Waals surface area contributed by atoms with Gasteiger partial charge in [0.25, 0.3) is 5.78 Å². The van der Waals surface area contributed by atoms with Crippen LogP contribution in [0.3, 0.4) is 0 Å². The Kier molecular flexibility index (Phi) is 7.94. The number of benzene rings is 3. The Hall–Kier alpha value is -3.86. The molecule has 2 aliphatic rings. The van der Waals surface area contributed by atoms with Crippen molar-refractivity contribution >= 4 is 57.3 Å². The highest BCUT2D eigenvalue weighted by molar-refractivity contribution is 8.00. The number of carbonyl (C=O) groups is 2. The zero-order valence-corrected chi connectivity index (χ0v) is 25.1. The Bertz CT molecular complexity index is 1700. The number of hydrogen-bond acceptors (Lipinski definition) is 9. The maximum atomic E-state index is 13.6. The van der Waals surface area contributed by atoms with Crippen LogP contribution < -0.4 is 14.4 Å². The molecule has 1 amide bonds. The molecule has 0 saturated carbocycles. The van der Waals surface area contributed by atoms with E-state index in [2.05, 4.69) is 24.0 Å². The van der Waals surface area contributed by atoms with Crippen molar-refractivity contribution < 1.29 is 24.2 Å². The van der Waals surface area contributed by atoms with E-state index in [1.165, 1.54) is 28.0 Å². The van der Waals surface area contributed by atoms with Gasteiger partial charge in [-0.1, -0.05) is 91.0 Å². The van der Waals surface area contributed by atoms with E-state index in [-0.39, 0.29) is 16.5 Å². The first-order valence-electron chi connectivity index (χ1n) is 13.3. The number of hydrogen-bond donors (Lipinski definition) is 1. The number of anilines is 1. The van der Waals surface area contributed by atoms with Crippen molar-refractivity contribution in [2.75, 3.05) is 18.1 Å². The number of fused-ring (bicyclic) bond motifs is 1. The van der Waals surface area contributed by atoms with E-state index in [9.17, 15) is 14.7 Å². The summed E-state index contributed by atoms with van der Waals surface area (Å²) < 4.78 is 11.9. The van der Waals surface area contributed by atoms with Gasteiger partial charge in [0.1, 0.15) is 19.0 Å². The molecule has 0 radical (unpaired) electrons. The first kappa shape index (κ1) is 28.3. The van der Waals surface area contributed by atoms with E-state index in [0.717, 1.165) is 11.1 Å². The van der Waals surface area contributed by atoms with Crippen LogP contribution >= 0.6 is 34.7 Å². The van der Waals surface area contributed by atoms with Gasteiger partial charge in [-0.15, -0.1) is 10.2 Å². The van der Waals surface area contributed by atoms with Crippen molar-refractivity contribution in [2.24, 2.45) is 0 Å². The monoisotopic (exact) mass is 619 g/mol. The summed E-state index contributed by atoms with van der Waals surface area (Å²) in [7, 11) is 0. The molecule has 1 N–H and O–H groups in total. The minimum absolute atomic E-state index is 0.0329. The maximum absolute atomic E-state index is 13.6. The lowest BCUT2D eigenvalue weighted by molar-refractivity contribution is -0.132. The molecule has 1 unspecified atom stereocenters. The van der Waals surface area contributed by atoms with Crippen molar-refractivity contribution in [3.8, 4) is 11.5 Å². The van der Waals surface area contributed by atoms with Crippen LogP contribution in [0.4, 0.5) is 5.13 Å². The third-order valence-electron chi connectivity index (χ3n) is 7.09. The molecule has 1 fully saturated rings. The van der Waals surface area contributed by atoms with Gasteiger partial charge in [-0.3, -0.25) is 14.5 Å². The van der Waals surface area contributed by atoms with Gasteiger partial charge in [-0.2, -0.15) is 0 Å². The molecule has 11 heteroatoms. The number of aromatic nitrogens is 2. The molecule has 4 aromatic rings. The zero-order valence-electron chi connectivity index (χ0n) is 22.7. The number of aliphatic hydroxyl groups is 1. The Morgan fingerprint density at radius 1 is 1.05 bits per heavy atom. The van der Waals surface area contributed by atoms with Crippen LogP contribution in [0.15, 0.2) is 76.6 Å². The van der Waals surface area contributed by atoms with Crippen LogP contribution in [0, 0.1) is 0 Å². The van der Waals surface area contributed by atoms with Crippen LogP contribution in [-0.2, 0) is 15.3 Å². The molecular formula is C31H26ClN3O5S2. The van der Waals surface area contributed by atoms with Gasteiger partial charge >= 0.3 is 5.91 Å². The molecule has 0 aliphatic carbocycles. The summed E-state index contributed by atoms with van der Waals surface area (Å²) in [5, 5.41) is 21.0. The number of amides is 1. The van der Waals surface area contributed by atoms with Crippen molar-refractivity contribution in [1.82, 2.24) is 10.2 Å². The summed E-state index contributed by atoms with van der Waals surface area (Å²) in [4.78, 5) is 28.5. The number of aliphatic hydroxyl groups excluding tert-OH is 1. The Labute approximate surface area is 255 Å². The second-order valence-electron chi connectivity index (χ2n) is 10.1. The van der Waals surface area contributed by atoms with Crippen LogP contribution in [-0.4, -0.2) is 40.2 Å². The van der Waals surface area contributed by atoms with Gasteiger partial charge < -0.3 is 14.6 Å². The van der Waals surface area contributed by atoms with Crippen molar-refractivity contribution in [3.05, 3.63) is 99.6 Å². The SMILES string of the molecule is CC(C)c1ccc(C2/C(=C(/O)c3ccc4c(c3)OCCO4)C(=O)C(=O)N2c2nnc(SCc3ccccc3Cl)s2)cc1. The predicted octanol–water partition coefficient (Wildman–Crippen LogP) is 7.00. The average molecular weight is 620 g/mol. The summed E-state index contributed by atoms with van der Waals surface area (Å²) in [6, 6.07) is 19.3. The Morgan fingerprint density at radius 3 is 2.52 bits per heavy atom. The molecule has 214 valence electrons. The molecular weight excluding hydrogens is 594 g/mol. The van der Waals surface area contributed by atoms with E-state index >= 15 is 0 Å². The lowest BCUT2D eigenvalue weighted by Gasteiger charge is -2.23. The highest BCUT2D eigenvalue weighted by Crippen LogP contribution is 2.45. The summed E-state index contributed by atoms with van der Waals surface area (Å²) in [5.74, 6) is -0.0206. The van der Waals surface area contributed by atoms with Gasteiger partial charge in [0.05, 0.1) is 11.6 Å². The second kappa shape index (κ2) is 11.8. The van der Waals surface area contributed by atoms with E-state index in [4.69, 9.17) is 21.1 Å². The number of rotatable bonds is 7. The van der Waals surface area contributed by atoms with Gasteiger partial charge in [-0.05, 0) is 46.9 Å². The zero-order chi connectivity index (χ0) is 29.4. The molecule has 3 heterocycles. The number of carbonyl (C=O) groups excluding carboxylic acids is 2. The standard InChI is InChI=1S/C31H26ClN3O5S2/c1-17(2)18-7-9-19(10-8-18)26-25(27(36)20-11-12-23-24(15-20)40-14-13-39-23)28(37)29(38)35(26)30-33-34-31(42-30)41-16-21-5-3-4-6-22(21)32/h3-12,15,17,26,36H,13-14,16H2,1-2H3/b27-25-. The number of halogens is 1. The van der Waals surface area contributed by atoms with Crippen LogP contribution in [0.5, 0.6) is 11.5 Å². The van der Waals surface area contributed by atoms with Crippen molar-refractivity contribution in [2.45, 2.75) is 35.9 Å². The lowest BCUT2D eigenvalue weighted by atomic mass is 9.93. The number of ether oxygens (including phenoxy) is 2. The van der Waals surface area contributed by atoms with Gasteiger partial charge in [0, 0.05) is 16.3 Å². The van der Waals surface area contributed by atoms with E-state index < -0.39 is 17.7 Å². The smallest absolute Gasteiger partial charge is 0.301 e. The number of Topliss-reactive ketones (excluding diaryl/α,β-unsaturated/α-hetero) is 1. The lowest BCUT2D eigenvalue weighted by Crippen LogP contribution is -2.29. The number of thioether (sulfide) groups is 1. The topological polar surface area (TPSA) is 102 Å². The van der Waals surface area contributed by atoms with Crippen LogP contribution in [0.2, 0.25) is 5.02 Å².